The number of hydrogen-bond donors (Lipinski definition) is 0. The van der Waals surface area contributed by atoms with Gasteiger partial charge < -0.3 is 0 Å². The van der Waals surface area contributed by atoms with Crippen LogP contribution >= 0.6 is 8.58 Å². The van der Waals surface area contributed by atoms with Gasteiger partial charge in [-0.2, -0.15) is 0 Å². The van der Waals surface area contributed by atoms with Gasteiger partial charge >= 0.3 is 0 Å². The second-order valence-corrected chi connectivity index (χ2v) is 7.99. The molecule has 1 atom stereocenters. The molecule has 2 heteroatoms. The Morgan fingerprint density at radius 2 is 0.909 bits per heavy atom. The van der Waals surface area contributed by atoms with Gasteiger partial charge in [-0.3, -0.25) is 0 Å². The second-order valence-electron chi connectivity index (χ2n) is 5.67. The van der Waals surface area contributed by atoms with Crippen LogP contribution in [0.25, 0.3) is 0 Å². The molecular formula is C20H25PTb. The molecule has 2 saturated carbocycles. The molecule has 0 aromatic heterocycles. The monoisotopic (exact) mass is 455 g/mol. The van der Waals surface area contributed by atoms with Crippen LogP contribution in [0.2, 0.25) is 0 Å². The first kappa shape index (κ1) is 22.9. The minimum Gasteiger partial charge on any atom is -0.0849 e. The summed E-state index contributed by atoms with van der Waals surface area (Å²) in [5.74, 6) is 0. The predicted molar refractivity (Wildman–Crippen MR) is 97.1 cm³/mol. The minimum absolute atomic E-state index is 0. The quantitative estimate of drug-likeness (QED) is 0.533. The van der Waals surface area contributed by atoms with Gasteiger partial charge in [0.1, 0.15) is 0 Å². The van der Waals surface area contributed by atoms with E-state index in [2.05, 4.69) is 51.1 Å². The molecule has 3 rings (SSSR count). The van der Waals surface area contributed by atoms with Gasteiger partial charge in [-0.15, -0.1) is 0 Å². The Morgan fingerprint density at radius 3 is 1.18 bits per heavy atom. The van der Waals surface area contributed by atoms with Gasteiger partial charge in [0, 0.05) is 38.6 Å². The number of hydrogen-bond acceptors (Lipinski definition) is 0. The first-order valence-corrected chi connectivity index (χ1v) is 8.24. The van der Waals surface area contributed by atoms with Crippen LogP contribution in [-0.2, 0) is 0 Å². The third-order valence-electron chi connectivity index (χ3n) is 2.40. The molecule has 1 aromatic carbocycles. The Balaban J connectivity index is 0.000000334. The summed E-state index contributed by atoms with van der Waals surface area (Å²) in [4.78, 5) is 0. The zero-order valence-electron chi connectivity index (χ0n) is 13.5. The van der Waals surface area contributed by atoms with Crippen LogP contribution in [0.1, 0.15) is 20.8 Å². The van der Waals surface area contributed by atoms with Crippen molar-refractivity contribution in [3.05, 3.63) is 94.5 Å². The molecule has 2 aliphatic carbocycles. The van der Waals surface area contributed by atoms with Gasteiger partial charge in [-0.1, -0.05) is 59.7 Å². The normalized spacial score (nSPS) is 17.2. The van der Waals surface area contributed by atoms with E-state index in [0.29, 0.717) is 5.16 Å². The molecule has 11 radical (unpaired) electrons. The predicted octanol–water partition coefficient (Wildman–Crippen LogP) is 4.83. The van der Waals surface area contributed by atoms with E-state index in [9.17, 15) is 0 Å². The van der Waals surface area contributed by atoms with Gasteiger partial charge in [0.15, 0.2) is 0 Å². The summed E-state index contributed by atoms with van der Waals surface area (Å²) >= 11 is 0. The second kappa shape index (κ2) is 14.3. The van der Waals surface area contributed by atoms with Gasteiger partial charge in [-0.05, 0) is 74.7 Å². The fraction of sp³-hybridized carbons (Fsp3) is 0.200. The van der Waals surface area contributed by atoms with E-state index >= 15 is 0 Å². The molecule has 0 N–H and O–H groups in total. The van der Waals surface area contributed by atoms with E-state index in [1.807, 2.05) is 64.2 Å². The van der Waals surface area contributed by atoms with Crippen molar-refractivity contribution < 1.29 is 38.6 Å². The van der Waals surface area contributed by atoms with Gasteiger partial charge in [0.05, 0.1) is 0 Å². The summed E-state index contributed by atoms with van der Waals surface area (Å²) in [5.41, 5.74) is 0. The van der Waals surface area contributed by atoms with Crippen molar-refractivity contribution in [3.8, 4) is 0 Å². The average molecular weight is 455 g/mol. The van der Waals surface area contributed by atoms with Crippen LogP contribution in [-0.4, -0.2) is 5.16 Å². The van der Waals surface area contributed by atoms with Crippen LogP contribution in [0, 0.1) is 103 Å². The largest absolute Gasteiger partial charge is 0.0849 e. The van der Waals surface area contributed by atoms with Crippen molar-refractivity contribution in [1.29, 1.82) is 0 Å². The van der Waals surface area contributed by atoms with Gasteiger partial charge in [0.25, 0.3) is 0 Å². The Bertz CT molecular complexity index is 309. The zero-order chi connectivity index (χ0) is 15.4. The fourth-order valence-corrected chi connectivity index (χ4v) is 2.82. The molecule has 0 bridgehead atoms. The van der Waals surface area contributed by atoms with Crippen LogP contribution < -0.4 is 5.30 Å². The molecule has 119 valence electrons. The van der Waals surface area contributed by atoms with E-state index in [1.165, 1.54) is 5.30 Å². The molecule has 1 unspecified atom stereocenters. The van der Waals surface area contributed by atoms with Gasteiger partial charge in [-0.25, -0.2) is 0 Å². The van der Waals surface area contributed by atoms with E-state index in [0.717, 1.165) is 8.58 Å². The standard InChI is InChI=1S/C10H15P.2C5H5.Tb/c1-10(2,3)11-9-7-5-4-6-8-9;2*1-2-4-5-3-1;/h4-8,11H,1-3H3;2*1-5H;. The molecule has 1 aromatic rings. The molecule has 22 heavy (non-hydrogen) atoms. The maximum Gasteiger partial charge on any atom is 0 e. The van der Waals surface area contributed by atoms with Crippen molar-refractivity contribution in [2.24, 2.45) is 0 Å². The maximum absolute atomic E-state index is 2.28. The smallest absolute Gasteiger partial charge is 0 e. The van der Waals surface area contributed by atoms with Crippen LogP contribution in [0.15, 0.2) is 30.3 Å². The summed E-state index contributed by atoms with van der Waals surface area (Å²) in [6.45, 7) is 6.83. The number of rotatable bonds is 1. The van der Waals surface area contributed by atoms with E-state index in [-0.39, 0.29) is 38.6 Å². The van der Waals surface area contributed by atoms with Crippen molar-refractivity contribution in [1.82, 2.24) is 0 Å². The summed E-state index contributed by atoms with van der Waals surface area (Å²) in [7, 11) is 0.914. The van der Waals surface area contributed by atoms with Crippen molar-refractivity contribution in [2.45, 2.75) is 25.9 Å². The number of benzene rings is 1. The van der Waals surface area contributed by atoms with Crippen molar-refractivity contribution in [2.75, 3.05) is 0 Å². The molecule has 0 heterocycles. The molecular weight excluding hydrogens is 430 g/mol. The fourth-order valence-electron chi connectivity index (χ4n) is 1.60. The van der Waals surface area contributed by atoms with Crippen LogP contribution in [0.4, 0.5) is 0 Å². The first-order chi connectivity index (χ1) is 10.1. The molecule has 2 fully saturated rings. The third kappa shape index (κ3) is 14.5. The summed E-state index contributed by atoms with van der Waals surface area (Å²) in [5, 5.41) is 1.89. The summed E-state index contributed by atoms with van der Waals surface area (Å²) in [6.07, 6.45) is 20.0. The topological polar surface area (TPSA) is 0 Å². The molecule has 0 amide bonds. The van der Waals surface area contributed by atoms with Crippen molar-refractivity contribution in [3.63, 3.8) is 0 Å². The van der Waals surface area contributed by atoms with Crippen molar-refractivity contribution >= 4 is 13.9 Å². The van der Waals surface area contributed by atoms with E-state index < -0.39 is 0 Å². The first-order valence-electron chi connectivity index (χ1n) is 7.24. The summed E-state index contributed by atoms with van der Waals surface area (Å²) in [6, 6.07) is 10.7. The van der Waals surface area contributed by atoms with Crippen LogP contribution in [0.5, 0.6) is 0 Å². The molecule has 2 aliphatic rings. The average Bonchev–Trinajstić information content (AvgIpc) is 3.17. The Morgan fingerprint density at radius 1 is 0.591 bits per heavy atom. The van der Waals surface area contributed by atoms with Crippen LogP contribution in [0.3, 0.4) is 0 Å². The molecule has 0 aliphatic heterocycles. The Hall–Kier alpha value is 0.936. The Kier molecular flexibility index (Phi) is 14.9. The van der Waals surface area contributed by atoms with E-state index in [4.69, 9.17) is 0 Å². The van der Waals surface area contributed by atoms with E-state index in [1.54, 1.807) is 0 Å². The molecule has 0 nitrogen and oxygen atoms in total. The zero-order valence-corrected chi connectivity index (χ0v) is 16.6. The summed E-state index contributed by atoms with van der Waals surface area (Å²) < 4.78 is 0. The molecule has 0 saturated heterocycles. The minimum atomic E-state index is 0. The molecule has 0 spiro atoms. The maximum atomic E-state index is 2.28. The third-order valence-corrected chi connectivity index (χ3v) is 3.78. The van der Waals surface area contributed by atoms with Gasteiger partial charge in [0.2, 0.25) is 0 Å². The SMILES string of the molecule is CC(C)(C)Pc1ccccc1.[CH]1[CH][CH][CH][CH]1.[CH]1[CH][CH][CH][CH]1.[Tb]. The Labute approximate surface area is 171 Å².